The summed E-state index contributed by atoms with van der Waals surface area (Å²) < 4.78 is 0.972. The van der Waals surface area contributed by atoms with E-state index in [1.807, 2.05) is 6.07 Å². The van der Waals surface area contributed by atoms with Crippen LogP contribution in [0.4, 0.5) is 0 Å². The molecule has 4 heteroatoms. The van der Waals surface area contributed by atoms with Crippen molar-refractivity contribution in [3.8, 4) is 0 Å². The predicted molar refractivity (Wildman–Crippen MR) is 58.9 cm³/mol. The molecule has 1 heterocycles. The molecule has 0 amide bonds. The van der Waals surface area contributed by atoms with Gasteiger partial charge in [-0.05, 0) is 53.4 Å². The van der Waals surface area contributed by atoms with Crippen LogP contribution >= 0.6 is 27.5 Å². The van der Waals surface area contributed by atoms with Crippen molar-refractivity contribution in [3.05, 3.63) is 27.5 Å². The van der Waals surface area contributed by atoms with Crippen LogP contribution in [-0.2, 0) is 6.42 Å². The van der Waals surface area contributed by atoms with Crippen molar-refractivity contribution < 1.29 is 0 Å². The van der Waals surface area contributed by atoms with Crippen LogP contribution in [0.5, 0.6) is 0 Å². The Morgan fingerprint density at radius 3 is 2.92 bits per heavy atom. The normalized spacial score (nSPS) is 10.4. The van der Waals surface area contributed by atoms with Gasteiger partial charge in [-0.1, -0.05) is 11.6 Å². The van der Waals surface area contributed by atoms with Gasteiger partial charge in [-0.25, -0.2) is 4.98 Å². The minimum Gasteiger partial charge on any atom is -0.330 e. The van der Waals surface area contributed by atoms with Gasteiger partial charge < -0.3 is 5.73 Å². The van der Waals surface area contributed by atoms with Crippen molar-refractivity contribution in [2.24, 2.45) is 5.73 Å². The number of unbranched alkanes of at least 4 members (excludes halogenated alkanes) is 1. The number of nitrogens with two attached hydrogens (primary N) is 1. The molecule has 0 aliphatic carbocycles. The van der Waals surface area contributed by atoms with Gasteiger partial charge in [0.15, 0.2) is 0 Å². The van der Waals surface area contributed by atoms with Crippen LogP contribution in [0, 0.1) is 0 Å². The van der Waals surface area contributed by atoms with Crippen LogP contribution in [-0.4, -0.2) is 11.5 Å². The maximum atomic E-state index is 5.91. The lowest BCUT2D eigenvalue weighted by Crippen LogP contribution is -1.99. The van der Waals surface area contributed by atoms with Crippen molar-refractivity contribution in [3.63, 3.8) is 0 Å². The third kappa shape index (κ3) is 3.63. The van der Waals surface area contributed by atoms with Crippen molar-refractivity contribution in [2.75, 3.05) is 6.54 Å². The number of aryl methyl sites for hydroxylation is 1. The summed E-state index contributed by atoms with van der Waals surface area (Å²) in [6.45, 7) is 0.735. The standard InChI is InChI=1S/C9H12BrClN2/c10-8-5-7(3-1-2-4-12)9(11)13-6-8/h5-6H,1-4,12H2. The summed E-state index contributed by atoms with van der Waals surface area (Å²) in [6, 6.07) is 2.01. The molecule has 0 aromatic carbocycles. The molecule has 72 valence electrons. The van der Waals surface area contributed by atoms with Crippen LogP contribution in [0.2, 0.25) is 5.15 Å². The summed E-state index contributed by atoms with van der Waals surface area (Å²) in [5.74, 6) is 0. The second-order valence-corrected chi connectivity index (χ2v) is 4.12. The summed E-state index contributed by atoms with van der Waals surface area (Å²) in [4.78, 5) is 4.04. The molecule has 0 aliphatic heterocycles. The first-order chi connectivity index (χ1) is 6.24. The Balaban J connectivity index is 2.59. The molecule has 0 fully saturated rings. The van der Waals surface area contributed by atoms with E-state index in [0.717, 1.165) is 35.8 Å². The minimum atomic E-state index is 0.597. The summed E-state index contributed by atoms with van der Waals surface area (Å²) in [5.41, 5.74) is 6.49. The minimum absolute atomic E-state index is 0.597. The van der Waals surface area contributed by atoms with E-state index >= 15 is 0 Å². The highest BCUT2D eigenvalue weighted by atomic mass is 79.9. The maximum absolute atomic E-state index is 5.91. The largest absolute Gasteiger partial charge is 0.330 e. The van der Waals surface area contributed by atoms with Gasteiger partial charge >= 0.3 is 0 Å². The maximum Gasteiger partial charge on any atom is 0.132 e. The van der Waals surface area contributed by atoms with Crippen LogP contribution in [0.3, 0.4) is 0 Å². The Bertz CT molecular complexity index is 278. The fraction of sp³-hybridized carbons (Fsp3) is 0.444. The third-order valence-electron chi connectivity index (χ3n) is 1.78. The van der Waals surface area contributed by atoms with Crippen LogP contribution in [0.15, 0.2) is 16.7 Å². The van der Waals surface area contributed by atoms with Gasteiger partial charge in [-0.3, -0.25) is 0 Å². The van der Waals surface area contributed by atoms with Crippen LogP contribution in [0.1, 0.15) is 18.4 Å². The average Bonchev–Trinajstić information content (AvgIpc) is 2.11. The molecular weight excluding hydrogens is 251 g/mol. The van der Waals surface area contributed by atoms with Gasteiger partial charge in [-0.15, -0.1) is 0 Å². The monoisotopic (exact) mass is 262 g/mol. The van der Waals surface area contributed by atoms with E-state index in [0.29, 0.717) is 5.15 Å². The predicted octanol–water partition coefficient (Wildman–Crippen LogP) is 2.78. The summed E-state index contributed by atoms with van der Waals surface area (Å²) in [6.07, 6.45) is 4.74. The molecule has 0 saturated heterocycles. The highest BCUT2D eigenvalue weighted by Gasteiger charge is 2.01. The molecule has 1 rings (SSSR count). The van der Waals surface area contributed by atoms with Crippen LogP contribution < -0.4 is 5.73 Å². The zero-order valence-electron chi connectivity index (χ0n) is 7.26. The zero-order valence-corrected chi connectivity index (χ0v) is 9.61. The van der Waals surface area contributed by atoms with Gasteiger partial charge in [0.2, 0.25) is 0 Å². The first-order valence-electron chi connectivity index (χ1n) is 4.24. The first kappa shape index (κ1) is 11.0. The number of hydrogen-bond acceptors (Lipinski definition) is 2. The van der Waals surface area contributed by atoms with Gasteiger partial charge in [-0.2, -0.15) is 0 Å². The second kappa shape index (κ2) is 5.58. The van der Waals surface area contributed by atoms with E-state index in [4.69, 9.17) is 17.3 Å². The van der Waals surface area contributed by atoms with Gasteiger partial charge in [0.1, 0.15) is 5.15 Å². The number of pyridine rings is 1. The van der Waals surface area contributed by atoms with Crippen molar-refractivity contribution >= 4 is 27.5 Å². The quantitative estimate of drug-likeness (QED) is 0.670. The van der Waals surface area contributed by atoms with Crippen molar-refractivity contribution in [1.29, 1.82) is 0 Å². The van der Waals surface area contributed by atoms with Crippen LogP contribution in [0.25, 0.3) is 0 Å². The van der Waals surface area contributed by atoms with Gasteiger partial charge in [0.05, 0.1) is 0 Å². The fourth-order valence-electron chi connectivity index (χ4n) is 1.10. The lowest BCUT2D eigenvalue weighted by Gasteiger charge is -2.02. The summed E-state index contributed by atoms with van der Waals surface area (Å²) in [7, 11) is 0. The van der Waals surface area contributed by atoms with E-state index in [-0.39, 0.29) is 0 Å². The molecule has 0 spiro atoms. The zero-order chi connectivity index (χ0) is 9.68. The Kier molecular flexibility index (Phi) is 4.70. The highest BCUT2D eigenvalue weighted by molar-refractivity contribution is 9.10. The molecule has 2 N–H and O–H groups in total. The number of hydrogen-bond donors (Lipinski definition) is 1. The Hall–Kier alpha value is -0.120. The molecule has 1 aromatic heterocycles. The smallest absolute Gasteiger partial charge is 0.132 e. The Morgan fingerprint density at radius 1 is 1.46 bits per heavy atom. The van der Waals surface area contributed by atoms with E-state index in [2.05, 4.69) is 20.9 Å². The molecule has 0 radical (unpaired) electrons. The SMILES string of the molecule is NCCCCc1cc(Br)cnc1Cl. The molecule has 13 heavy (non-hydrogen) atoms. The number of rotatable bonds is 4. The molecule has 1 aromatic rings. The van der Waals surface area contributed by atoms with Gasteiger partial charge in [0, 0.05) is 10.7 Å². The third-order valence-corrected chi connectivity index (χ3v) is 2.55. The fourth-order valence-corrected chi connectivity index (χ4v) is 1.68. The van der Waals surface area contributed by atoms with Gasteiger partial charge in [0.25, 0.3) is 0 Å². The molecule has 0 atom stereocenters. The molecule has 0 aliphatic rings. The van der Waals surface area contributed by atoms with Crippen molar-refractivity contribution in [1.82, 2.24) is 4.98 Å². The second-order valence-electron chi connectivity index (χ2n) is 2.85. The topological polar surface area (TPSA) is 38.9 Å². The average molecular weight is 264 g/mol. The summed E-state index contributed by atoms with van der Waals surface area (Å²) >= 11 is 9.27. The van der Waals surface area contributed by atoms with E-state index in [1.165, 1.54) is 0 Å². The Labute approximate surface area is 91.6 Å². The highest BCUT2D eigenvalue weighted by Crippen LogP contribution is 2.19. The number of halogens is 2. The molecule has 2 nitrogen and oxygen atoms in total. The molecule has 0 saturated carbocycles. The number of aromatic nitrogens is 1. The molecular formula is C9H12BrClN2. The lowest BCUT2D eigenvalue weighted by molar-refractivity contribution is 0.743. The first-order valence-corrected chi connectivity index (χ1v) is 5.41. The van der Waals surface area contributed by atoms with E-state index in [1.54, 1.807) is 6.20 Å². The summed E-state index contributed by atoms with van der Waals surface area (Å²) in [5, 5.41) is 0.597. The van der Waals surface area contributed by atoms with Crippen molar-refractivity contribution in [2.45, 2.75) is 19.3 Å². The molecule has 0 unspecified atom stereocenters. The lowest BCUT2D eigenvalue weighted by atomic mass is 10.1. The van der Waals surface area contributed by atoms with E-state index < -0.39 is 0 Å². The number of nitrogens with zero attached hydrogens (tertiary/aromatic N) is 1. The Morgan fingerprint density at radius 2 is 2.23 bits per heavy atom. The van der Waals surface area contributed by atoms with E-state index in [9.17, 15) is 0 Å². The molecule has 0 bridgehead atoms.